The molecule has 5 nitrogen and oxygen atoms in total. The van der Waals surface area contributed by atoms with Gasteiger partial charge in [-0.3, -0.25) is 9.29 Å². The van der Waals surface area contributed by atoms with Gasteiger partial charge in [0, 0.05) is 42.8 Å². The molecular weight excluding hydrogens is 452 g/mol. The van der Waals surface area contributed by atoms with Gasteiger partial charge in [-0.15, -0.1) is 0 Å². The number of fused-ring (bicyclic) bond motifs is 1. The lowest BCUT2D eigenvalue weighted by Crippen LogP contribution is -2.49. The quantitative estimate of drug-likeness (QED) is 0.463. The average Bonchev–Trinajstić information content (AvgIpc) is 2.81. The van der Waals surface area contributed by atoms with Crippen molar-refractivity contribution < 1.29 is 28.5 Å². The van der Waals surface area contributed by atoms with Crippen LogP contribution in [0.2, 0.25) is 0 Å². The minimum Gasteiger partial charge on any atom is -0.508 e. The molecule has 2 aliphatic heterocycles. The molecule has 1 fully saturated rings. The molecule has 0 bridgehead atoms. The number of rotatable bonds is 7. The van der Waals surface area contributed by atoms with Crippen LogP contribution in [0, 0.1) is 11.7 Å². The van der Waals surface area contributed by atoms with Crippen molar-refractivity contribution >= 4 is 11.1 Å². The van der Waals surface area contributed by atoms with Crippen LogP contribution >= 0.6 is 0 Å². The fraction of sp³-hybridized carbons (Fsp3) is 0.286. The van der Waals surface area contributed by atoms with Gasteiger partial charge in [0.05, 0.1) is 6.67 Å². The van der Waals surface area contributed by atoms with Crippen LogP contribution in [-0.4, -0.2) is 48.0 Å². The molecule has 1 atom stereocenters. The summed E-state index contributed by atoms with van der Waals surface area (Å²) in [5.41, 5.74) is 3.52. The Bertz CT molecular complexity index is 1250. The van der Waals surface area contributed by atoms with Crippen LogP contribution in [0.4, 0.5) is 8.78 Å². The molecule has 7 heteroatoms. The highest BCUT2D eigenvalue weighted by atomic mass is 19.1. The van der Waals surface area contributed by atoms with E-state index in [2.05, 4.69) is 4.90 Å². The highest BCUT2D eigenvalue weighted by Crippen LogP contribution is 2.48. The SMILES string of the molecule is CC1=C(c2cccc(O)c2)[C@H](c2ccc(OCCN3CC(CF)C3)cc2)Oc2c(F)cc(O)cc21. The molecule has 0 saturated carbocycles. The van der Waals surface area contributed by atoms with Crippen LogP contribution in [0.15, 0.2) is 60.7 Å². The number of phenols is 2. The summed E-state index contributed by atoms with van der Waals surface area (Å²) >= 11 is 0. The Morgan fingerprint density at radius 1 is 1.03 bits per heavy atom. The van der Waals surface area contributed by atoms with Gasteiger partial charge in [0.25, 0.3) is 0 Å². The van der Waals surface area contributed by atoms with E-state index in [-0.39, 0.29) is 29.8 Å². The molecule has 3 aromatic rings. The Kier molecular flexibility index (Phi) is 6.34. The number of hydrogen-bond donors (Lipinski definition) is 2. The summed E-state index contributed by atoms with van der Waals surface area (Å²) in [5.74, 6) is 0.219. The van der Waals surface area contributed by atoms with Gasteiger partial charge in [-0.25, -0.2) is 4.39 Å². The monoisotopic (exact) mass is 479 g/mol. The first-order valence-electron chi connectivity index (χ1n) is 11.6. The van der Waals surface area contributed by atoms with Crippen LogP contribution in [0.5, 0.6) is 23.0 Å². The number of ether oxygens (including phenoxy) is 2. The van der Waals surface area contributed by atoms with E-state index >= 15 is 0 Å². The van der Waals surface area contributed by atoms with Gasteiger partial charge in [-0.05, 0) is 54.0 Å². The van der Waals surface area contributed by atoms with E-state index in [0.29, 0.717) is 17.9 Å². The van der Waals surface area contributed by atoms with Gasteiger partial charge in [-0.1, -0.05) is 24.3 Å². The molecule has 2 aliphatic rings. The molecule has 0 spiro atoms. The van der Waals surface area contributed by atoms with Crippen LogP contribution in [-0.2, 0) is 0 Å². The second-order valence-corrected chi connectivity index (χ2v) is 9.09. The van der Waals surface area contributed by atoms with Crippen molar-refractivity contribution in [3.63, 3.8) is 0 Å². The van der Waals surface area contributed by atoms with E-state index in [1.807, 2.05) is 37.3 Å². The standard InChI is InChI=1S/C28H27F2NO4/c1-17-24-12-22(33)13-25(30)28(24)35-27(26(17)20-3-2-4-21(32)11-20)19-5-7-23(8-6-19)34-10-9-31-15-18(14-29)16-31/h2-8,11-13,18,27,32-33H,9-10,14-16H2,1H3/t27-/m0/s1. The van der Waals surface area contributed by atoms with Crippen LogP contribution in [0.25, 0.3) is 11.1 Å². The minimum absolute atomic E-state index is 0.0793. The second kappa shape index (κ2) is 9.58. The second-order valence-electron chi connectivity index (χ2n) is 9.09. The van der Waals surface area contributed by atoms with Gasteiger partial charge in [0.1, 0.15) is 30.0 Å². The largest absolute Gasteiger partial charge is 0.508 e. The summed E-state index contributed by atoms with van der Waals surface area (Å²) in [4.78, 5) is 2.16. The molecule has 3 aromatic carbocycles. The Labute approximate surface area is 202 Å². The summed E-state index contributed by atoms with van der Waals surface area (Å²) < 4.78 is 39.3. The zero-order valence-corrected chi connectivity index (χ0v) is 19.4. The first-order valence-corrected chi connectivity index (χ1v) is 11.6. The number of likely N-dealkylation sites (tertiary alicyclic amines) is 1. The Balaban J connectivity index is 1.41. The molecular formula is C28H27F2NO4. The fourth-order valence-corrected chi connectivity index (χ4v) is 4.76. The first-order chi connectivity index (χ1) is 16.9. The van der Waals surface area contributed by atoms with E-state index in [1.54, 1.807) is 18.2 Å². The number of aromatic hydroxyl groups is 2. The van der Waals surface area contributed by atoms with Gasteiger partial charge >= 0.3 is 0 Å². The van der Waals surface area contributed by atoms with E-state index in [0.717, 1.165) is 48.0 Å². The highest BCUT2D eigenvalue weighted by molar-refractivity contribution is 5.96. The molecule has 5 rings (SSSR count). The summed E-state index contributed by atoms with van der Waals surface area (Å²) in [6.07, 6.45) is -0.629. The molecule has 0 radical (unpaired) electrons. The number of benzene rings is 3. The number of hydrogen-bond acceptors (Lipinski definition) is 5. The fourth-order valence-electron chi connectivity index (χ4n) is 4.76. The molecule has 0 amide bonds. The highest BCUT2D eigenvalue weighted by Gasteiger charge is 2.32. The molecule has 1 saturated heterocycles. The number of nitrogens with zero attached hydrogens (tertiary/aromatic N) is 1. The molecule has 0 aromatic heterocycles. The third kappa shape index (κ3) is 4.68. The number of alkyl halides is 1. The third-order valence-corrected chi connectivity index (χ3v) is 6.60. The normalized spacial score (nSPS) is 18.1. The van der Waals surface area contributed by atoms with Gasteiger partial charge < -0.3 is 19.7 Å². The van der Waals surface area contributed by atoms with Crippen molar-refractivity contribution in [2.75, 3.05) is 32.9 Å². The maximum absolute atomic E-state index is 14.7. The predicted octanol–water partition coefficient (Wildman–Crippen LogP) is 5.58. The third-order valence-electron chi connectivity index (χ3n) is 6.60. The maximum atomic E-state index is 14.7. The molecule has 0 aliphatic carbocycles. The van der Waals surface area contributed by atoms with Crippen molar-refractivity contribution in [3.8, 4) is 23.0 Å². The average molecular weight is 480 g/mol. The van der Waals surface area contributed by atoms with Gasteiger partial charge in [-0.2, -0.15) is 0 Å². The van der Waals surface area contributed by atoms with E-state index in [4.69, 9.17) is 9.47 Å². The summed E-state index contributed by atoms with van der Waals surface area (Å²) in [7, 11) is 0. The molecule has 35 heavy (non-hydrogen) atoms. The van der Waals surface area contributed by atoms with Crippen molar-refractivity contribution in [1.82, 2.24) is 4.90 Å². The van der Waals surface area contributed by atoms with Crippen molar-refractivity contribution in [2.45, 2.75) is 13.0 Å². The smallest absolute Gasteiger partial charge is 0.169 e. The van der Waals surface area contributed by atoms with E-state index in [9.17, 15) is 19.0 Å². The van der Waals surface area contributed by atoms with Crippen LogP contribution in [0.3, 0.4) is 0 Å². The van der Waals surface area contributed by atoms with Crippen LogP contribution in [0.1, 0.15) is 29.7 Å². The Hall–Kier alpha value is -3.58. The van der Waals surface area contributed by atoms with Gasteiger partial charge in [0.2, 0.25) is 0 Å². The lowest BCUT2D eigenvalue weighted by Gasteiger charge is -2.37. The topological polar surface area (TPSA) is 62.2 Å². The van der Waals surface area contributed by atoms with Gasteiger partial charge in [0.15, 0.2) is 11.6 Å². The maximum Gasteiger partial charge on any atom is 0.169 e. The number of allylic oxidation sites excluding steroid dienone is 1. The zero-order chi connectivity index (χ0) is 24.5. The molecule has 0 unspecified atom stereocenters. The predicted molar refractivity (Wildman–Crippen MR) is 130 cm³/mol. The zero-order valence-electron chi connectivity index (χ0n) is 19.4. The van der Waals surface area contributed by atoms with Crippen LogP contribution < -0.4 is 9.47 Å². The molecule has 182 valence electrons. The Morgan fingerprint density at radius 2 is 1.80 bits per heavy atom. The van der Waals surface area contributed by atoms with E-state index in [1.165, 1.54) is 6.07 Å². The Morgan fingerprint density at radius 3 is 2.51 bits per heavy atom. The number of phenolic OH excluding ortho intramolecular Hbond substituents is 2. The number of halogens is 2. The summed E-state index contributed by atoms with van der Waals surface area (Å²) in [6, 6.07) is 16.8. The molecule has 2 N–H and O–H groups in total. The minimum atomic E-state index is -0.639. The first kappa shape index (κ1) is 23.2. The molecule has 2 heterocycles. The summed E-state index contributed by atoms with van der Waals surface area (Å²) in [6.45, 7) is 4.39. The van der Waals surface area contributed by atoms with E-state index < -0.39 is 11.9 Å². The van der Waals surface area contributed by atoms with Crippen molar-refractivity contribution in [2.24, 2.45) is 5.92 Å². The van der Waals surface area contributed by atoms with Crippen molar-refractivity contribution in [1.29, 1.82) is 0 Å². The summed E-state index contributed by atoms with van der Waals surface area (Å²) in [5, 5.41) is 20.0. The lowest BCUT2D eigenvalue weighted by molar-refractivity contribution is 0.0668. The van der Waals surface area contributed by atoms with Crippen molar-refractivity contribution in [3.05, 3.63) is 83.2 Å². The lowest BCUT2D eigenvalue weighted by atomic mass is 9.86.